The van der Waals surface area contributed by atoms with E-state index < -0.39 is 78.5 Å². The number of hydrogen-bond acceptors (Lipinski definition) is 9. The fourth-order valence-electron chi connectivity index (χ4n) is 6.73. The number of nitrogens with one attached hydrogen (secondary N) is 6. The van der Waals surface area contributed by atoms with Crippen LogP contribution in [0.4, 0.5) is 0 Å². The van der Waals surface area contributed by atoms with Crippen molar-refractivity contribution in [2.75, 3.05) is 13.2 Å². The first-order valence-electron chi connectivity index (χ1n) is 23.5. The number of carboxylic acids is 1. The number of hydrogen-bond donors (Lipinski definition) is 8. The van der Waals surface area contributed by atoms with E-state index >= 15 is 0 Å². The maximum atomic E-state index is 13.9. The molecule has 0 aliphatic heterocycles. The first-order chi connectivity index (χ1) is 33.5. The Morgan fingerprint density at radius 2 is 1.07 bits per heavy atom. The molecule has 4 aromatic rings. The maximum Gasteiger partial charge on any atom is 0.305 e. The van der Waals surface area contributed by atoms with Gasteiger partial charge in [0.05, 0.1) is 19.6 Å². The Morgan fingerprint density at radius 3 is 1.60 bits per heavy atom. The Balaban J connectivity index is 0.00000266. The van der Waals surface area contributed by atoms with Crippen LogP contribution in [0.3, 0.4) is 0 Å². The molecule has 0 fully saturated rings. The number of aryl methyl sites for hydroxylation is 1. The number of benzene rings is 4. The Labute approximate surface area is 410 Å². The van der Waals surface area contributed by atoms with Crippen molar-refractivity contribution in [3.8, 4) is 16.9 Å². The van der Waals surface area contributed by atoms with Crippen LogP contribution < -0.4 is 36.6 Å². The molecular formula is C53H70N6O11. The highest BCUT2D eigenvalue weighted by Crippen LogP contribution is 2.20. The van der Waals surface area contributed by atoms with Crippen molar-refractivity contribution < 1.29 is 53.3 Å². The molecule has 0 heterocycles. The molecule has 0 saturated carbocycles. The molecule has 0 aliphatic carbocycles. The molecule has 5 unspecified atom stereocenters. The van der Waals surface area contributed by atoms with Crippen LogP contribution in [0, 0.1) is 6.92 Å². The van der Waals surface area contributed by atoms with E-state index in [-0.39, 0.29) is 38.2 Å². The molecule has 378 valence electrons. The van der Waals surface area contributed by atoms with Crippen molar-refractivity contribution >= 4 is 47.9 Å². The van der Waals surface area contributed by atoms with Crippen LogP contribution >= 0.6 is 0 Å². The van der Waals surface area contributed by atoms with E-state index in [1.54, 1.807) is 43.3 Å². The van der Waals surface area contributed by atoms with E-state index in [0.717, 1.165) is 22.3 Å². The molecule has 8 N–H and O–H groups in total. The Bertz CT molecular complexity index is 2270. The zero-order valence-corrected chi connectivity index (χ0v) is 41.2. The Kier molecular flexibility index (Phi) is 27.0. The molecule has 0 aromatic heterocycles. The van der Waals surface area contributed by atoms with Crippen molar-refractivity contribution in [3.05, 3.63) is 125 Å². The molecule has 17 nitrogen and oxygen atoms in total. The van der Waals surface area contributed by atoms with Gasteiger partial charge < -0.3 is 46.9 Å². The summed E-state index contributed by atoms with van der Waals surface area (Å²) >= 11 is 0. The Morgan fingerprint density at radius 1 is 0.586 bits per heavy atom. The molecule has 0 saturated heterocycles. The summed E-state index contributed by atoms with van der Waals surface area (Å²) in [6.07, 6.45) is 1.27. The van der Waals surface area contributed by atoms with Gasteiger partial charge in [-0.25, -0.2) is 0 Å². The number of carbonyl (C=O) groups excluding carboxylic acids is 6. The summed E-state index contributed by atoms with van der Waals surface area (Å²) in [6.45, 7) is 13.0. The van der Waals surface area contributed by atoms with E-state index in [2.05, 4.69) is 45.7 Å². The van der Waals surface area contributed by atoms with E-state index in [1.165, 1.54) is 6.42 Å². The van der Waals surface area contributed by atoms with Crippen LogP contribution in [0.5, 0.6) is 5.75 Å². The first-order valence-corrected chi connectivity index (χ1v) is 23.5. The average molecular weight is 967 g/mol. The van der Waals surface area contributed by atoms with Gasteiger partial charge in [-0.3, -0.25) is 38.4 Å². The monoisotopic (exact) mass is 967 g/mol. The predicted molar refractivity (Wildman–Crippen MR) is 268 cm³/mol. The van der Waals surface area contributed by atoms with E-state index in [9.17, 15) is 38.7 Å². The van der Waals surface area contributed by atoms with Crippen LogP contribution in [0.1, 0.15) is 89.5 Å². The highest BCUT2D eigenvalue weighted by molar-refractivity contribution is 5.97. The minimum atomic E-state index is -1.66. The third-order valence-corrected chi connectivity index (χ3v) is 10.4. The predicted octanol–water partition coefficient (Wildman–Crippen LogP) is 5.06. The number of aliphatic carboxylic acids is 1. The van der Waals surface area contributed by atoms with E-state index in [4.69, 9.17) is 14.6 Å². The van der Waals surface area contributed by atoms with Gasteiger partial charge in [0.15, 0.2) is 0 Å². The normalized spacial score (nSPS) is 12.4. The molecule has 0 radical (unpaired) electrons. The summed E-state index contributed by atoms with van der Waals surface area (Å²) in [5.41, 5.74) is 5.02. The van der Waals surface area contributed by atoms with Gasteiger partial charge in [-0.2, -0.15) is 0 Å². The average Bonchev–Trinajstić information content (AvgIpc) is 3.33. The second kappa shape index (κ2) is 32.2. The van der Waals surface area contributed by atoms with Gasteiger partial charge >= 0.3 is 5.97 Å². The summed E-state index contributed by atoms with van der Waals surface area (Å²) in [5, 5.41) is 32.6. The molecule has 0 aliphatic rings. The van der Waals surface area contributed by atoms with Crippen molar-refractivity contribution in [3.63, 3.8) is 0 Å². The topological polar surface area (TPSA) is 258 Å². The molecule has 0 spiro atoms. The lowest BCUT2D eigenvalue weighted by Crippen LogP contribution is -2.58. The third-order valence-electron chi connectivity index (χ3n) is 10.4. The molecule has 4 rings (SSSR count). The second-order valence-electron chi connectivity index (χ2n) is 16.4. The summed E-state index contributed by atoms with van der Waals surface area (Å²) in [4.78, 5) is 101. The smallest absolute Gasteiger partial charge is 0.305 e. The van der Waals surface area contributed by atoms with Gasteiger partial charge in [-0.1, -0.05) is 131 Å². The zero-order valence-electron chi connectivity index (χ0n) is 41.2. The molecule has 5 atom stereocenters. The van der Waals surface area contributed by atoms with Crippen molar-refractivity contribution in [2.45, 2.75) is 124 Å². The largest absolute Gasteiger partial charge is 0.494 e. The minimum absolute atomic E-state index is 0.0204. The fourth-order valence-corrected chi connectivity index (χ4v) is 6.73. The van der Waals surface area contributed by atoms with Crippen LogP contribution in [-0.4, -0.2) is 101 Å². The van der Waals surface area contributed by atoms with Crippen molar-refractivity contribution in [1.82, 2.24) is 31.9 Å². The molecule has 70 heavy (non-hydrogen) atoms. The Hall–Kier alpha value is -7.56. The number of amides is 6. The summed E-state index contributed by atoms with van der Waals surface area (Å²) < 4.78 is 5.49. The fraction of sp³-hybridized carbons (Fsp3) is 0.396. The SMILES string of the molecule is CCC.CCOc1ccc(CC(NC(=O)CC)C(=O)NC(CC(=O)O)C(=O)NC(Cc2cccc(C)c2)C(=O)NCC(=O)NC(Cc2ccc(-c3ccccc3)cc2)C(=O)NC(C)CC)cc1.O=CO. The first kappa shape index (κ1) is 58.6. The third kappa shape index (κ3) is 22.0. The van der Waals surface area contributed by atoms with Crippen LogP contribution in [-0.2, 0) is 57.6 Å². The number of carbonyl (C=O) groups is 8. The van der Waals surface area contributed by atoms with E-state index in [1.807, 2.05) is 94.4 Å². The van der Waals surface area contributed by atoms with Gasteiger partial charge in [0.1, 0.15) is 29.9 Å². The number of rotatable bonds is 24. The number of ether oxygens (including phenoxy) is 1. The lowest BCUT2D eigenvalue weighted by molar-refractivity contribution is -0.141. The lowest BCUT2D eigenvalue weighted by atomic mass is 10.00. The molecule has 17 heteroatoms. The highest BCUT2D eigenvalue weighted by Gasteiger charge is 2.32. The van der Waals surface area contributed by atoms with Crippen LogP contribution in [0.2, 0.25) is 0 Å². The second-order valence-corrected chi connectivity index (χ2v) is 16.4. The molecule has 0 bridgehead atoms. The molecule has 6 amide bonds. The summed E-state index contributed by atoms with van der Waals surface area (Å²) in [7, 11) is 0. The van der Waals surface area contributed by atoms with Gasteiger partial charge in [-0.15, -0.1) is 0 Å². The highest BCUT2D eigenvalue weighted by atomic mass is 16.5. The standard InChI is InChI=1S/C49H60N6O9.C3H8.CH2O2/c1-6-32(5)51-47(61)40(26-33-17-21-37(22-18-33)36-15-10-9-11-16-36)53-44(57)30-50-46(60)39(28-35-14-12-13-31(4)25-35)54-49(63)42(29-45(58)59)55-48(62)41(52-43(56)7-2)27-34-19-23-38(24-20-34)64-8-3;1-3-2;2-1-3/h9-25,32,39-42H,6-8,26-30H2,1-5H3,(H,50,60)(H,51,61)(H,52,56)(H,53,57)(H,54,63)(H,55,62)(H,58,59);3H2,1-2H3;1H,(H,2,3). The van der Waals surface area contributed by atoms with Crippen molar-refractivity contribution in [1.29, 1.82) is 0 Å². The van der Waals surface area contributed by atoms with Crippen molar-refractivity contribution in [2.24, 2.45) is 0 Å². The van der Waals surface area contributed by atoms with Gasteiger partial charge in [0.25, 0.3) is 6.47 Å². The lowest BCUT2D eigenvalue weighted by Gasteiger charge is -2.25. The van der Waals surface area contributed by atoms with Gasteiger partial charge in [-0.05, 0) is 67.1 Å². The van der Waals surface area contributed by atoms with E-state index in [0.29, 0.717) is 29.9 Å². The summed E-state index contributed by atoms with van der Waals surface area (Å²) in [5.74, 6) is -4.85. The number of carboxylic acid groups (broad SMARTS) is 2. The maximum absolute atomic E-state index is 13.9. The molecular weight excluding hydrogens is 897 g/mol. The quantitative estimate of drug-likeness (QED) is 0.0431. The minimum Gasteiger partial charge on any atom is -0.494 e. The molecule has 4 aromatic carbocycles. The van der Waals surface area contributed by atoms with Crippen LogP contribution in [0.15, 0.2) is 103 Å². The van der Waals surface area contributed by atoms with Gasteiger partial charge in [0.2, 0.25) is 35.4 Å². The van der Waals surface area contributed by atoms with Crippen LogP contribution in [0.25, 0.3) is 11.1 Å². The zero-order chi connectivity index (χ0) is 52.0. The summed E-state index contributed by atoms with van der Waals surface area (Å²) in [6, 6.07) is 26.2. The van der Waals surface area contributed by atoms with Gasteiger partial charge in [0, 0.05) is 31.7 Å².